The van der Waals surface area contributed by atoms with Gasteiger partial charge >= 0.3 is 0 Å². The second-order valence-electron chi connectivity index (χ2n) is 9.33. The molecule has 0 atom stereocenters. The number of rotatable bonds is 2. The molecule has 0 radical (unpaired) electrons. The van der Waals surface area contributed by atoms with Gasteiger partial charge < -0.3 is 9.80 Å². The Morgan fingerprint density at radius 2 is 1.56 bits per heavy atom. The molecule has 10 heteroatoms. The molecule has 0 aliphatic carbocycles. The van der Waals surface area contributed by atoms with Crippen LogP contribution in [0, 0.1) is 12.7 Å². The van der Waals surface area contributed by atoms with Crippen LogP contribution in [0.2, 0.25) is 0 Å². The zero-order valence-electron chi connectivity index (χ0n) is 19.8. The standard InChI is InChI=1S/C19H19FN2O2S.C7H8O3S/c20-18-16(22-12-11-21-9-7-13(22)8-10-21)6-5-15-14-3-1-2-4-17(14)25(23,24)19(15)18;1-6-2-4-7(5-3-6)11(8,9)10/h1-6,13H,7-12H2;2-5H,1H3,(H,8,9,10). The van der Waals surface area contributed by atoms with Crippen LogP contribution in [-0.2, 0) is 20.0 Å². The van der Waals surface area contributed by atoms with Gasteiger partial charge in [-0.25, -0.2) is 12.8 Å². The van der Waals surface area contributed by atoms with Crippen LogP contribution in [0.4, 0.5) is 10.1 Å². The number of anilines is 1. The lowest BCUT2D eigenvalue weighted by Crippen LogP contribution is -2.38. The van der Waals surface area contributed by atoms with Gasteiger partial charge in [-0.05, 0) is 44.0 Å². The lowest BCUT2D eigenvalue weighted by molar-refractivity contribution is 0.250. The molecule has 36 heavy (non-hydrogen) atoms. The maximum Gasteiger partial charge on any atom is 0.294 e. The Bertz CT molecular complexity index is 1510. The van der Waals surface area contributed by atoms with Crippen molar-refractivity contribution in [2.24, 2.45) is 0 Å². The number of sulfone groups is 1. The molecule has 2 bridgehead atoms. The van der Waals surface area contributed by atoms with E-state index < -0.39 is 25.8 Å². The second-order valence-corrected chi connectivity index (χ2v) is 12.6. The fourth-order valence-electron chi connectivity index (χ4n) is 5.19. The number of piperidine rings is 1. The fourth-order valence-corrected chi connectivity index (χ4v) is 7.42. The van der Waals surface area contributed by atoms with Crippen molar-refractivity contribution in [2.75, 3.05) is 31.1 Å². The summed E-state index contributed by atoms with van der Waals surface area (Å²) in [5, 5.41) is 0. The molecule has 3 saturated heterocycles. The highest BCUT2D eigenvalue weighted by Gasteiger charge is 2.39. The normalized spacial score (nSPS) is 21.7. The number of halogens is 1. The largest absolute Gasteiger partial charge is 0.365 e. The average Bonchev–Trinajstić information content (AvgIpc) is 3.02. The van der Waals surface area contributed by atoms with Gasteiger partial charge in [0.2, 0.25) is 9.84 Å². The third kappa shape index (κ3) is 4.43. The Balaban J connectivity index is 0.000000205. The molecule has 0 unspecified atom stereocenters. The van der Waals surface area contributed by atoms with E-state index in [1.54, 1.807) is 48.5 Å². The molecular formula is C26H27FN2O5S2. The summed E-state index contributed by atoms with van der Waals surface area (Å²) in [5.41, 5.74) is 2.48. The van der Waals surface area contributed by atoms with Crippen LogP contribution in [0.15, 0.2) is 75.4 Å². The van der Waals surface area contributed by atoms with E-state index in [-0.39, 0.29) is 20.7 Å². The first-order chi connectivity index (χ1) is 17.1. The van der Waals surface area contributed by atoms with Gasteiger partial charge in [-0.2, -0.15) is 8.42 Å². The van der Waals surface area contributed by atoms with Gasteiger partial charge in [-0.15, -0.1) is 0 Å². The zero-order chi connectivity index (χ0) is 25.7. The van der Waals surface area contributed by atoms with Gasteiger partial charge in [-0.3, -0.25) is 4.55 Å². The minimum atomic E-state index is -4.02. The topological polar surface area (TPSA) is 95.0 Å². The summed E-state index contributed by atoms with van der Waals surface area (Å²) in [5.74, 6) is -0.589. The first-order valence-corrected chi connectivity index (χ1v) is 14.7. The van der Waals surface area contributed by atoms with E-state index in [0.29, 0.717) is 16.8 Å². The molecule has 7 rings (SSSR count). The summed E-state index contributed by atoms with van der Waals surface area (Å²) in [6.07, 6.45) is 2.01. The lowest BCUT2D eigenvalue weighted by Gasteiger charge is -2.33. The molecule has 0 amide bonds. The van der Waals surface area contributed by atoms with Crippen molar-refractivity contribution in [2.45, 2.75) is 40.5 Å². The summed E-state index contributed by atoms with van der Waals surface area (Å²) >= 11 is 0. The molecule has 4 aliphatic heterocycles. The van der Waals surface area contributed by atoms with Crippen LogP contribution in [0.3, 0.4) is 0 Å². The highest BCUT2D eigenvalue weighted by atomic mass is 32.2. The Kier molecular flexibility index (Phi) is 6.40. The molecule has 7 nitrogen and oxygen atoms in total. The van der Waals surface area contributed by atoms with E-state index in [9.17, 15) is 16.8 Å². The van der Waals surface area contributed by atoms with Crippen LogP contribution < -0.4 is 4.90 Å². The van der Waals surface area contributed by atoms with Crippen molar-refractivity contribution in [3.05, 3.63) is 72.0 Å². The number of fused-ring (bicyclic) bond motifs is 7. The summed E-state index contributed by atoms with van der Waals surface area (Å²) < 4.78 is 70.8. The van der Waals surface area contributed by atoms with E-state index in [2.05, 4.69) is 9.80 Å². The maximum atomic E-state index is 15.4. The van der Waals surface area contributed by atoms with Gasteiger partial charge in [-0.1, -0.05) is 42.0 Å². The van der Waals surface area contributed by atoms with Crippen LogP contribution in [0.1, 0.15) is 18.4 Å². The maximum absolute atomic E-state index is 15.4. The monoisotopic (exact) mass is 530 g/mol. The van der Waals surface area contributed by atoms with Gasteiger partial charge in [0.1, 0.15) is 4.90 Å². The highest BCUT2D eigenvalue weighted by molar-refractivity contribution is 7.92. The van der Waals surface area contributed by atoms with E-state index in [1.807, 2.05) is 6.92 Å². The summed E-state index contributed by atoms with van der Waals surface area (Å²) in [6.45, 7) is 5.57. The first-order valence-electron chi connectivity index (χ1n) is 11.8. The number of hydrogen-bond acceptors (Lipinski definition) is 6. The molecule has 3 aromatic carbocycles. The van der Waals surface area contributed by atoms with E-state index in [0.717, 1.165) is 44.6 Å². The van der Waals surface area contributed by atoms with Gasteiger partial charge in [0.05, 0.1) is 15.5 Å². The van der Waals surface area contributed by atoms with Crippen LogP contribution in [-0.4, -0.2) is 58.5 Å². The number of hydrogen-bond donors (Lipinski definition) is 1. The van der Waals surface area contributed by atoms with Crippen molar-refractivity contribution in [3.63, 3.8) is 0 Å². The molecule has 1 N–H and O–H groups in total. The SMILES string of the molecule is Cc1ccc(S(=O)(=O)O)cc1.O=S1(=O)c2ccccc2-c2ccc(N3CCN4CCC3CC4)c(F)c21. The van der Waals surface area contributed by atoms with Gasteiger partial charge in [0.25, 0.3) is 10.1 Å². The van der Waals surface area contributed by atoms with E-state index >= 15 is 4.39 Å². The predicted molar refractivity (Wildman–Crippen MR) is 135 cm³/mol. The third-order valence-corrected chi connectivity index (χ3v) is 9.83. The van der Waals surface area contributed by atoms with Crippen molar-refractivity contribution >= 4 is 25.6 Å². The van der Waals surface area contributed by atoms with Crippen molar-refractivity contribution in [1.29, 1.82) is 0 Å². The molecule has 0 aromatic heterocycles. The van der Waals surface area contributed by atoms with E-state index in [4.69, 9.17) is 4.55 Å². The zero-order valence-corrected chi connectivity index (χ0v) is 21.4. The Labute approximate surface area is 210 Å². The van der Waals surface area contributed by atoms with Crippen LogP contribution in [0.25, 0.3) is 11.1 Å². The summed E-state index contributed by atoms with van der Waals surface area (Å²) in [4.78, 5) is 4.48. The molecule has 190 valence electrons. The predicted octanol–water partition coefficient (Wildman–Crippen LogP) is 4.17. The molecule has 0 spiro atoms. The van der Waals surface area contributed by atoms with Crippen molar-refractivity contribution < 1.29 is 25.8 Å². The summed E-state index contributed by atoms with van der Waals surface area (Å²) in [7, 11) is -7.81. The molecule has 0 saturated carbocycles. The Hall–Kier alpha value is -2.79. The highest BCUT2D eigenvalue weighted by Crippen LogP contribution is 2.46. The fraction of sp³-hybridized carbons (Fsp3) is 0.308. The Morgan fingerprint density at radius 3 is 2.22 bits per heavy atom. The number of nitrogens with zero attached hydrogens (tertiary/aromatic N) is 2. The van der Waals surface area contributed by atoms with Gasteiger partial charge in [0.15, 0.2) is 5.82 Å². The molecule has 3 aromatic rings. The lowest BCUT2D eigenvalue weighted by atomic mass is 10.0. The molecule has 3 fully saturated rings. The van der Waals surface area contributed by atoms with E-state index in [1.165, 1.54) is 12.1 Å². The summed E-state index contributed by atoms with van der Waals surface area (Å²) in [6, 6.07) is 16.6. The first kappa shape index (κ1) is 24.9. The van der Waals surface area contributed by atoms with Crippen molar-refractivity contribution in [3.8, 4) is 11.1 Å². The molecule has 4 heterocycles. The minimum absolute atomic E-state index is 0.0666. The number of benzene rings is 3. The minimum Gasteiger partial charge on any atom is -0.365 e. The smallest absolute Gasteiger partial charge is 0.294 e. The third-order valence-electron chi connectivity index (χ3n) is 7.10. The quantitative estimate of drug-likeness (QED) is 0.389. The second kappa shape index (κ2) is 9.26. The molecular weight excluding hydrogens is 503 g/mol. The number of aryl methyl sites for hydroxylation is 1. The van der Waals surface area contributed by atoms with Gasteiger partial charge in [0, 0.05) is 43.3 Å². The Morgan fingerprint density at radius 1 is 0.889 bits per heavy atom. The van der Waals surface area contributed by atoms with Crippen molar-refractivity contribution in [1.82, 2.24) is 4.90 Å². The van der Waals surface area contributed by atoms with Crippen LogP contribution >= 0.6 is 0 Å². The average molecular weight is 531 g/mol. The van der Waals surface area contributed by atoms with Crippen LogP contribution in [0.5, 0.6) is 0 Å². The molecule has 4 aliphatic rings.